The van der Waals surface area contributed by atoms with Gasteiger partial charge >= 0.3 is 5.97 Å². The van der Waals surface area contributed by atoms with Gasteiger partial charge < -0.3 is 9.84 Å². The van der Waals surface area contributed by atoms with Crippen molar-refractivity contribution in [3.05, 3.63) is 48.3 Å². The zero-order chi connectivity index (χ0) is 26.7. The van der Waals surface area contributed by atoms with Crippen molar-refractivity contribution >= 4 is 27.4 Å². The molecule has 0 spiro atoms. The molecule has 37 heavy (non-hydrogen) atoms. The van der Waals surface area contributed by atoms with Gasteiger partial charge in [-0.2, -0.15) is 0 Å². The second-order valence-corrected chi connectivity index (χ2v) is 12.6. The zero-order valence-electron chi connectivity index (χ0n) is 21.7. The minimum Gasteiger partial charge on any atom is -0.497 e. The number of pyridine rings is 1. The van der Waals surface area contributed by atoms with Crippen LogP contribution in [0.5, 0.6) is 5.75 Å². The number of ether oxygens (including phenoxy) is 1. The second kappa shape index (κ2) is 11.2. The molecule has 1 aliphatic heterocycles. The van der Waals surface area contributed by atoms with E-state index in [0.29, 0.717) is 22.8 Å². The quantitative estimate of drug-likeness (QED) is 0.500. The van der Waals surface area contributed by atoms with E-state index in [2.05, 4.69) is 11.9 Å². The van der Waals surface area contributed by atoms with Crippen molar-refractivity contribution in [2.75, 3.05) is 24.3 Å². The van der Waals surface area contributed by atoms with Gasteiger partial charge in [-0.15, -0.1) is 0 Å². The van der Waals surface area contributed by atoms with E-state index in [0.717, 1.165) is 31.4 Å². The number of sulfone groups is 1. The molecule has 5 atom stereocenters. The minimum atomic E-state index is -3.43. The average molecular weight is 529 g/mol. The molecule has 9 heteroatoms. The third-order valence-corrected chi connectivity index (χ3v) is 10.1. The van der Waals surface area contributed by atoms with Crippen molar-refractivity contribution in [3.8, 4) is 5.75 Å². The number of benzene rings is 1. The van der Waals surface area contributed by atoms with Crippen LogP contribution in [-0.4, -0.2) is 49.8 Å². The van der Waals surface area contributed by atoms with E-state index in [1.807, 2.05) is 6.92 Å². The third kappa shape index (κ3) is 5.98. The molecule has 1 amide bonds. The number of rotatable bonds is 8. The van der Waals surface area contributed by atoms with Gasteiger partial charge in [0, 0.05) is 18.0 Å². The lowest BCUT2D eigenvalue weighted by Crippen LogP contribution is -2.46. The number of hydrogen-bond acceptors (Lipinski definition) is 6. The van der Waals surface area contributed by atoms with Gasteiger partial charge in [0.25, 0.3) is 0 Å². The molecule has 1 aromatic heterocycles. The number of methoxy groups -OCH3 is 1. The predicted molar refractivity (Wildman–Crippen MR) is 140 cm³/mol. The molecule has 0 bridgehead atoms. The summed E-state index contributed by atoms with van der Waals surface area (Å²) in [5, 5.41) is 9.41. The summed E-state index contributed by atoms with van der Waals surface area (Å²) >= 11 is 0. The number of fused-ring (bicyclic) bond motifs is 1. The molecular weight excluding hydrogens is 492 g/mol. The molecule has 0 saturated heterocycles. The van der Waals surface area contributed by atoms with Crippen molar-refractivity contribution in [3.63, 3.8) is 0 Å². The van der Waals surface area contributed by atoms with Crippen LogP contribution in [0.1, 0.15) is 57.6 Å². The molecule has 1 aliphatic carbocycles. The second-order valence-electron chi connectivity index (χ2n) is 10.6. The number of carboxylic acid groups (broad SMARTS) is 1. The molecule has 1 saturated carbocycles. The van der Waals surface area contributed by atoms with Crippen LogP contribution < -0.4 is 9.64 Å². The summed E-state index contributed by atoms with van der Waals surface area (Å²) in [5.41, 5.74) is 1.34. The highest BCUT2D eigenvalue weighted by molar-refractivity contribution is 7.91. The molecule has 5 unspecified atom stereocenters. The van der Waals surface area contributed by atoms with Crippen molar-refractivity contribution in [1.29, 1.82) is 0 Å². The van der Waals surface area contributed by atoms with Gasteiger partial charge in [0.15, 0.2) is 9.84 Å². The Labute approximate surface area is 219 Å². The van der Waals surface area contributed by atoms with Crippen molar-refractivity contribution in [2.24, 2.45) is 23.7 Å². The summed E-state index contributed by atoms with van der Waals surface area (Å²) in [6.07, 6.45) is 5.78. The molecule has 0 radical (unpaired) electrons. The molecule has 200 valence electrons. The SMILES string of the molecule is COc1ccc(S(=O)(=O)CC2CCC(CC3C(=O)N(CC(=O)O)c4cccnc4C3C)CCC2C)cc1. The van der Waals surface area contributed by atoms with E-state index in [-0.39, 0.29) is 47.8 Å². The molecule has 2 aromatic rings. The van der Waals surface area contributed by atoms with Crippen molar-refractivity contribution < 1.29 is 27.9 Å². The number of carboxylic acids is 1. The maximum absolute atomic E-state index is 13.5. The van der Waals surface area contributed by atoms with Crippen LogP contribution >= 0.6 is 0 Å². The van der Waals surface area contributed by atoms with Gasteiger partial charge in [0.05, 0.1) is 29.1 Å². The van der Waals surface area contributed by atoms with E-state index in [9.17, 15) is 23.1 Å². The maximum Gasteiger partial charge on any atom is 0.323 e. The Morgan fingerprint density at radius 2 is 1.81 bits per heavy atom. The fourth-order valence-corrected chi connectivity index (χ4v) is 7.73. The van der Waals surface area contributed by atoms with Gasteiger partial charge in [0.2, 0.25) is 5.91 Å². The first kappa shape index (κ1) is 27.1. The Hall–Kier alpha value is -2.94. The molecule has 2 heterocycles. The zero-order valence-corrected chi connectivity index (χ0v) is 22.5. The molecule has 2 aliphatic rings. The van der Waals surface area contributed by atoms with Crippen LogP contribution in [0.25, 0.3) is 0 Å². The highest BCUT2D eigenvalue weighted by Crippen LogP contribution is 2.43. The standard InChI is InChI=1S/C28H36N2O6S/c1-18-6-7-20(8-9-21(18)17-37(34,35)23-12-10-22(36-3)11-13-23)15-24-19(2)27-25(5-4-14-29-27)30(28(24)33)16-26(31)32/h4-5,10-14,18-21,24H,6-9,15-17H2,1-3H3,(H,31,32). The number of amides is 1. The molecule has 1 aromatic carbocycles. The molecule has 1 N–H and O–H groups in total. The summed E-state index contributed by atoms with van der Waals surface area (Å²) in [6.45, 7) is 3.74. The first-order valence-electron chi connectivity index (χ1n) is 13.0. The van der Waals surface area contributed by atoms with Gasteiger partial charge in [-0.25, -0.2) is 8.42 Å². The lowest BCUT2D eigenvalue weighted by molar-refractivity contribution is -0.137. The van der Waals surface area contributed by atoms with Crippen LogP contribution in [0.2, 0.25) is 0 Å². The van der Waals surface area contributed by atoms with E-state index < -0.39 is 15.8 Å². The van der Waals surface area contributed by atoms with E-state index >= 15 is 0 Å². The van der Waals surface area contributed by atoms with Crippen LogP contribution in [0.4, 0.5) is 5.69 Å². The fourth-order valence-electron chi connectivity index (χ4n) is 5.93. The largest absolute Gasteiger partial charge is 0.497 e. The topological polar surface area (TPSA) is 114 Å². The summed E-state index contributed by atoms with van der Waals surface area (Å²) in [4.78, 5) is 31.1. The number of aromatic nitrogens is 1. The lowest BCUT2D eigenvalue weighted by atomic mass is 9.77. The van der Waals surface area contributed by atoms with E-state index in [1.54, 1.807) is 49.7 Å². The molecule has 4 rings (SSSR count). The number of aliphatic carboxylic acids is 1. The van der Waals surface area contributed by atoms with Crippen LogP contribution in [0.15, 0.2) is 47.5 Å². The molecule has 1 fully saturated rings. The Morgan fingerprint density at radius 3 is 2.49 bits per heavy atom. The van der Waals surface area contributed by atoms with Crippen molar-refractivity contribution in [2.45, 2.75) is 56.8 Å². The van der Waals surface area contributed by atoms with E-state index in [4.69, 9.17) is 4.74 Å². The van der Waals surface area contributed by atoms with Gasteiger partial charge in [-0.1, -0.05) is 33.1 Å². The van der Waals surface area contributed by atoms with Gasteiger partial charge in [-0.05, 0) is 67.0 Å². The van der Waals surface area contributed by atoms with Gasteiger partial charge in [0.1, 0.15) is 12.3 Å². The first-order chi connectivity index (χ1) is 17.6. The van der Waals surface area contributed by atoms with Crippen molar-refractivity contribution in [1.82, 2.24) is 4.98 Å². The predicted octanol–water partition coefficient (Wildman–Crippen LogP) is 4.55. The normalized spacial score (nSPS) is 26.3. The summed E-state index contributed by atoms with van der Waals surface area (Å²) in [5.74, 6) is -0.379. The number of hydrogen-bond donors (Lipinski definition) is 1. The van der Waals surface area contributed by atoms with Crippen LogP contribution in [0.3, 0.4) is 0 Å². The Morgan fingerprint density at radius 1 is 1.11 bits per heavy atom. The Kier molecular flexibility index (Phi) is 8.21. The summed E-state index contributed by atoms with van der Waals surface area (Å²) in [7, 11) is -1.88. The number of carbonyl (C=O) groups is 2. The fraction of sp³-hybridized carbons (Fsp3) is 0.536. The summed E-state index contributed by atoms with van der Waals surface area (Å²) < 4.78 is 31.4. The molecule has 8 nitrogen and oxygen atoms in total. The monoisotopic (exact) mass is 528 g/mol. The first-order valence-corrected chi connectivity index (χ1v) is 14.6. The van der Waals surface area contributed by atoms with E-state index in [1.165, 1.54) is 4.90 Å². The Bertz CT molecular complexity index is 1230. The van der Waals surface area contributed by atoms with Crippen LogP contribution in [0, 0.1) is 23.7 Å². The third-order valence-electron chi connectivity index (χ3n) is 8.24. The van der Waals surface area contributed by atoms with Crippen LogP contribution in [-0.2, 0) is 19.4 Å². The highest BCUT2D eigenvalue weighted by Gasteiger charge is 2.41. The summed E-state index contributed by atoms with van der Waals surface area (Å²) in [6, 6.07) is 10.0. The number of anilines is 1. The number of carbonyl (C=O) groups excluding carboxylic acids is 1. The van der Waals surface area contributed by atoms with Gasteiger partial charge in [-0.3, -0.25) is 19.5 Å². The lowest BCUT2D eigenvalue weighted by Gasteiger charge is -2.38. The minimum absolute atomic E-state index is 0.0440. The smallest absolute Gasteiger partial charge is 0.323 e. The molecular formula is C28H36N2O6S. The highest BCUT2D eigenvalue weighted by atomic mass is 32.2. The number of nitrogens with zero attached hydrogens (tertiary/aromatic N) is 2. The Balaban J connectivity index is 1.46. The maximum atomic E-state index is 13.5. The average Bonchev–Trinajstić information content (AvgIpc) is 3.05.